The Kier molecular flexibility index (Phi) is 2.60. The van der Waals surface area contributed by atoms with Gasteiger partial charge in [-0.3, -0.25) is 4.98 Å². The van der Waals surface area contributed by atoms with Crippen molar-refractivity contribution in [3.05, 3.63) is 35.6 Å². The zero-order valence-electron chi connectivity index (χ0n) is 7.34. The maximum Gasteiger partial charge on any atom is 0.182 e. The second-order valence-electron chi connectivity index (χ2n) is 2.70. The first-order chi connectivity index (χ1) is 6.84. The third-order valence-electron chi connectivity index (χ3n) is 1.66. The van der Waals surface area contributed by atoms with E-state index >= 15 is 0 Å². The number of hydrogen-bond acceptors (Lipinski definition) is 5. The van der Waals surface area contributed by atoms with Gasteiger partial charge in [0.25, 0.3) is 0 Å². The van der Waals surface area contributed by atoms with Gasteiger partial charge in [-0.1, -0.05) is 0 Å². The monoisotopic (exact) mass is 207 g/mol. The number of nitrogens with one attached hydrogen (secondary N) is 1. The fourth-order valence-corrected chi connectivity index (χ4v) is 1.53. The normalized spacial score (nSPS) is 10.0. The summed E-state index contributed by atoms with van der Waals surface area (Å²) in [5, 5.41) is 14.9. The molecular formula is C9H9N3OS. The first-order valence-corrected chi connectivity index (χ1v) is 5.00. The van der Waals surface area contributed by atoms with Gasteiger partial charge < -0.3 is 10.4 Å². The van der Waals surface area contributed by atoms with Crippen molar-refractivity contribution in [3.63, 3.8) is 0 Å². The van der Waals surface area contributed by atoms with Crippen molar-refractivity contribution in [2.75, 3.05) is 5.32 Å². The van der Waals surface area contributed by atoms with Crippen LogP contribution in [0.4, 0.5) is 5.13 Å². The third kappa shape index (κ3) is 2.20. The highest BCUT2D eigenvalue weighted by Gasteiger charge is 1.96. The summed E-state index contributed by atoms with van der Waals surface area (Å²) in [6, 6.07) is 3.39. The van der Waals surface area contributed by atoms with Crippen molar-refractivity contribution < 1.29 is 5.11 Å². The van der Waals surface area contributed by atoms with Gasteiger partial charge in [0.2, 0.25) is 0 Å². The Labute approximate surface area is 85.3 Å². The summed E-state index contributed by atoms with van der Waals surface area (Å²) in [7, 11) is 0. The number of aromatic hydroxyl groups is 1. The summed E-state index contributed by atoms with van der Waals surface area (Å²) in [6.07, 6.45) is 3.18. The molecule has 2 heterocycles. The minimum absolute atomic E-state index is 0.183. The van der Waals surface area contributed by atoms with Crippen molar-refractivity contribution in [1.82, 2.24) is 9.97 Å². The summed E-state index contributed by atoms with van der Waals surface area (Å²) in [6.45, 7) is 0.619. The van der Waals surface area contributed by atoms with Gasteiger partial charge in [0.1, 0.15) is 5.75 Å². The average Bonchev–Trinajstić information content (AvgIpc) is 2.70. The predicted octanol–water partition coefficient (Wildman–Crippen LogP) is 1.86. The predicted molar refractivity (Wildman–Crippen MR) is 55.3 cm³/mol. The molecule has 2 rings (SSSR count). The van der Waals surface area contributed by atoms with Crippen LogP contribution in [0, 0.1) is 0 Å². The minimum Gasteiger partial charge on any atom is -0.506 e. The molecule has 0 aromatic carbocycles. The molecule has 5 heteroatoms. The molecule has 0 fully saturated rings. The number of thiazole rings is 1. The van der Waals surface area contributed by atoms with Crippen LogP contribution in [0.2, 0.25) is 0 Å². The van der Waals surface area contributed by atoms with E-state index in [1.54, 1.807) is 29.7 Å². The highest BCUT2D eigenvalue weighted by Crippen LogP contribution is 2.12. The van der Waals surface area contributed by atoms with Crippen LogP contribution >= 0.6 is 11.3 Å². The molecule has 2 aromatic heterocycles. The molecule has 0 aliphatic carbocycles. The van der Waals surface area contributed by atoms with Crippen LogP contribution in [0.15, 0.2) is 29.9 Å². The SMILES string of the molecule is Oc1ccc(CNc2nccs2)nc1. The number of nitrogens with zero attached hydrogens (tertiary/aromatic N) is 2. The molecule has 0 saturated heterocycles. The van der Waals surface area contributed by atoms with Gasteiger partial charge in [-0.25, -0.2) is 4.98 Å². The van der Waals surface area contributed by atoms with Crippen LogP contribution in [-0.4, -0.2) is 15.1 Å². The lowest BCUT2D eigenvalue weighted by molar-refractivity contribution is 0.472. The van der Waals surface area contributed by atoms with Crippen LogP contribution < -0.4 is 5.32 Å². The molecule has 0 saturated carbocycles. The van der Waals surface area contributed by atoms with Gasteiger partial charge >= 0.3 is 0 Å². The Bertz CT molecular complexity index is 385. The summed E-state index contributed by atoms with van der Waals surface area (Å²) in [5.74, 6) is 0.183. The van der Waals surface area contributed by atoms with E-state index < -0.39 is 0 Å². The zero-order valence-corrected chi connectivity index (χ0v) is 8.16. The van der Waals surface area contributed by atoms with Crippen LogP contribution in [0.25, 0.3) is 0 Å². The standard InChI is InChI=1S/C9H9N3OS/c13-8-2-1-7(11-6-8)5-12-9-10-3-4-14-9/h1-4,6,13H,5H2,(H,10,12). The smallest absolute Gasteiger partial charge is 0.182 e. The Morgan fingerprint density at radius 3 is 2.93 bits per heavy atom. The van der Waals surface area contributed by atoms with E-state index in [9.17, 15) is 0 Å². The molecule has 4 nitrogen and oxygen atoms in total. The van der Waals surface area contributed by atoms with Crippen molar-refractivity contribution in [3.8, 4) is 5.75 Å². The first kappa shape index (κ1) is 8.96. The van der Waals surface area contributed by atoms with Gasteiger partial charge in [0.05, 0.1) is 18.4 Å². The lowest BCUT2D eigenvalue weighted by Crippen LogP contribution is -2.00. The van der Waals surface area contributed by atoms with Crippen molar-refractivity contribution in [2.24, 2.45) is 0 Å². The second-order valence-corrected chi connectivity index (χ2v) is 3.59. The topological polar surface area (TPSA) is 58.0 Å². The third-order valence-corrected chi connectivity index (χ3v) is 2.39. The molecule has 0 unspecified atom stereocenters. The highest BCUT2D eigenvalue weighted by molar-refractivity contribution is 7.13. The summed E-state index contributed by atoms with van der Waals surface area (Å²) < 4.78 is 0. The Morgan fingerprint density at radius 1 is 1.36 bits per heavy atom. The molecular weight excluding hydrogens is 198 g/mol. The lowest BCUT2D eigenvalue weighted by Gasteiger charge is -2.01. The number of rotatable bonds is 3. The second kappa shape index (κ2) is 4.06. The molecule has 0 spiro atoms. The highest BCUT2D eigenvalue weighted by atomic mass is 32.1. The number of pyridine rings is 1. The fraction of sp³-hybridized carbons (Fsp3) is 0.111. The molecule has 0 atom stereocenters. The molecule has 2 aromatic rings. The molecule has 0 aliphatic heterocycles. The van der Waals surface area contributed by atoms with E-state index in [4.69, 9.17) is 5.11 Å². The first-order valence-electron chi connectivity index (χ1n) is 4.12. The molecule has 0 radical (unpaired) electrons. The van der Waals surface area contributed by atoms with Gasteiger partial charge in [-0.2, -0.15) is 0 Å². The number of anilines is 1. The van der Waals surface area contributed by atoms with Crippen molar-refractivity contribution in [1.29, 1.82) is 0 Å². The van der Waals surface area contributed by atoms with Crippen LogP contribution in [0.3, 0.4) is 0 Å². The molecule has 0 bridgehead atoms. The van der Waals surface area contributed by atoms with Crippen LogP contribution in [0.1, 0.15) is 5.69 Å². The van der Waals surface area contributed by atoms with E-state index in [-0.39, 0.29) is 5.75 Å². The summed E-state index contributed by atoms with van der Waals surface area (Å²) in [5.41, 5.74) is 0.873. The van der Waals surface area contributed by atoms with Crippen LogP contribution in [-0.2, 0) is 6.54 Å². The van der Waals surface area contributed by atoms with Gasteiger partial charge in [0, 0.05) is 11.6 Å². The lowest BCUT2D eigenvalue weighted by atomic mass is 10.3. The maximum atomic E-state index is 9.02. The van der Waals surface area contributed by atoms with E-state index in [1.807, 2.05) is 5.38 Å². The average molecular weight is 207 g/mol. The minimum atomic E-state index is 0.183. The maximum absolute atomic E-state index is 9.02. The molecule has 2 N–H and O–H groups in total. The largest absolute Gasteiger partial charge is 0.506 e. The fourth-order valence-electron chi connectivity index (χ4n) is 0.998. The van der Waals surface area contributed by atoms with E-state index in [0.717, 1.165) is 10.8 Å². The Hall–Kier alpha value is -1.62. The quantitative estimate of drug-likeness (QED) is 0.806. The Morgan fingerprint density at radius 2 is 2.29 bits per heavy atom. The number of aromatic nitrogens is 2. The molecule has 14 heavy (non-hydrogen) atoms. The zero-order chi connectivity index (χ0) is 9.80. The van der Waals surface area contributed by atoms with Crippen LogP contribution in [0.5, 0.6) is 5.75 Å². The van der Waals surface area contributed by atoms with Gasteiger partial charge in [-0.15, -0.1) is 11.3 Å². The molecule has 0 amide bonds. The van der Waals surface area contributed by atoms with Gasteiger partial charge in [0.15, 0.2) is 5.13 Å². The van der Waals surface area contributed by atoms with E-state index in [1.165, 1.54) is 6.20 Å². The molecule has 72 valence electrons. The van der Waals surface area contributed by atoms with E-state index in [0.29, 0.717) is 6.54 Å². The van der Waals surface area contributed by atoms with Crippen molar-refractivity contribution in [2.45, 2.75) is 6.54 Å². The molecule has 0 aliphatic rings. The number of hydrogen-bond donors (Lipinski definition) is 2. The van der Waals surface area contributed by atoms with E-state index in [2.05, 4.69) is 15.3 Å². The van der Waals surface area contributed by atoms with Crippen molar-refractivity contribution >= 4 is 16.5 Å². The summed E-state index contributed by atoms with van der Waals surface area (Å²) in [4.78, 5) is 8.12. The summed E-state index contributed by atoms with van der Waals surface area (Å²) >= 11 is 1.55. The Balaban J connectivity index is 1.95. The van der Waals surface area contributed by atoms with Gasteiger partial charge in [-0.05, 0) is 12.1 Å².